The number of hydrogen-bond donors (Lipinski definition) is 1. The average molecular weight is 270 g/mol. The SMILES string of the molecule is CCCNc1ncc([N+](=O)[O-])c(SC2COC2)n1. The minimum absolute atomic E-state index is 0.0473. The summed E-state index contributed by atoms with van der Waals surface area (Å²) >= 11 is 1.38. The predicted molar refractivity (Wildman–Crippen MR) is 67.9 cm³/mol. The van der Waals surface area contributed by atoms with Gasteiger partial charge in [-0.2, -0.15) is 4.98 Å². The van der Waals surface area contributed by atoms with Crippen molar-refractivity contribution < 1.29 is 9.66 Å². The molecule has 0 spiro atoms. The molecule has 0 aliphatic carbocycles. The smallest absolute Gasteiger partial charge is 0.319 e. The Morgan fingerprint density at radius 2 is 2.44 bits per heavy atom. The monoisotopic (exact) mass is 270 g/mol. The van der Waals surface area contributed by atoms with Crippen LogP contribution in [0.3, 0.4) is 0 Å². The van der Waals surface area contributed by atoms with Crippen LogP contribution in [-0.2, 0) is 4.74 Å². The minimum Gasteiger partial charge on any atom is -0.379 e. The van der Waals surface area contributed by atoms with Crippen molar-refractivity contribution in [3.63, 3.8) is 0 Å². The van der Waals surface area contributed by atoms with Gasteiger partial charge in [-0.05, 0) is 6.42 Å². The predicted octanol–water partition coefficient (Wildman–Crippen LogP) is 1.70. The van der Waals surface area contributed by atoms with Crippen LogP contribution in [-0.4, -0.2) is 39.9 Å². The normalized spacial score (nSPS) is 15.2. The van der Waals surface area contributed by atoms with Gasteiger partial charge in [-0.1, -0.05) is 18.7 Å². The fourth-order valence-electron chi connectivity index (χ4n) is 1.33. The molecule has 0 radical (unpaired) electrons. The highest BCUT2D eigenvalue weighted by Crippen LogP contribution is 2.33. The molecular weight excluding hydrogens is 256 g/mol. The Balaban J connectivity index is 2.16. The molecule has 1 saturated heterocycles. The third-order valence-corrected chi connectivity index (χ3v) is 3.48. The maximum absolute atomic E-state index is 10.9. The molecule has 1 aliphatic rings. The molecular formula is C10H14N4O3S. The lowest BCUT2D eigenvalue weighted by atomic mass is 10.4. The topological polar surface area (TPSA) is 90.2 Å². The number of nitro groups is 1. The van der Waals surface area contributed by atoms with Gasteiger partial charge in [-0.15, -0.1) is 0 Å². The van der Waals surface area contributed by atoms with Crippen molar-refractivity contribution in [2.75, 3.05) is 25.1 Å². The van der Waals surface area contributed by atoms with E-state index in [1.807, 2.05) is 6.92 Å². The van der Waals surface area contributed by atoms with Crippen LogP contribution in [0.15, 0.2) is 11.2 Å². The summed E-state index contributed by atoms with van der Waals surface area (Å²) in [6, 6.07) is 0. The number of nitrogens with one attached hydrogen (secondary N) is 1. The van der Waals surface area contributed by atoms with Crippen molar-refractivity contribution in [2.24, 2.45) is 0 Å². The van der Waals surface area contributed by atoms with Gasteiger partial charge < -0.3 is 10.1 Å². The lowest BCUT2D eigenvalue weighted by Gasteiger charge is -2.24. The highest BCUT2D eigenvalue weighted by molar-refractivity contribution is 8.00. The highest BCUT2D eigenvalue weighted by atomic mass is 32.2. The Morgan fingerprint density at radius 1 is 1.67 bits per heavy atom. The third-order valence-electron chi connectivity index (χ3n) is 2.35. The van der Waals surface area contributed by atoms with Gasteiger partial charge in [0, 0.05) is 6.54 Å². The molecule has 1 N–H and O–H groups in total. The molecule has 0 unspecified atom stereocenters. The first kappa shape index (κ1) is 13.0. The molecule has 1 aliphatic heterocycles. The fourth-order valence-corrected chi connectivity index (χ4v) is 2.37. The van der Waals surface area contributed by atoms with Crippen molar-refractivity contribution in [3.05, 3.63) is 16.3 Å². The van der Waals surface area contributed by atoms with Gasteiger partial charge >= 0.3 is 5.69 Å². The molecule has 8 heteroatoms. The van der Waals surface area contributed by atoms with Crippen LogP contribution in [0.2, 0.25) is 0 Å². The van der Waals surface area contributed by atoms with Gasteiger partial charge in [0.05, 0.1) is 23.4 Å². The molecule has 1 fully saturated rings. The van der Waals surface area contributed by atoms with Gasteiger partial charge in [-0.25, -0.2) is 4.98 Å². The standard InChI is InChI=1S/C10H14N4O3S/c1-2-3-11-10-12-4-8(14(15)16)9(13-10)18-7-5-17-6-7/h4,7H,2-3,5-6H2,1H3,(H,11,12,13). The van der Waals surface area contributed by atoms with Crippen molar-refractivity contribution in [3.8, 4) is 0 Å². The van der Waals surface area contributed by atoms with E-state index in [1.54, 1.807) is 0 Å². The van der Waals surface area contributed by atoms with E-state index in [0.717, 1.165) is 13.0 Å². The minimum atomic E-state index is -0.453. The molecule has 0 saturated carbocycles. The number of aromatic nitrogens is 2. The van der Waals surface area contributed by atoms with E-state index in [1.165, 1.54) is 18.0 Å². The first-order chi connectivity index (χ1) is 8.70. The van der Waals surface area contributed by atoms with E-state index in [2.05, 4.69) is 15.3 Å². The van der Waals surface area contributed by atoms with E-state index in [-0.39, 0.29) is 10.9 Å². The van der Waals surface area contributed by atoms with Crippen LogP contribution in [0.25, 0.3) is 0 Å². The summed E-state index contributed by atoms with van der Waals surface area (Å²) in [5, 5.41) is 14.6. The molecule has 0 amide bonds. The zero-order chi connectivity index (χ0) is 13.0. The maximum Gasteiger partial charge on any atom is 0.319 e. The molecule has 1 aromatic heterocycles. The summed E-state index contributed by atoms with van der Waals surface area (Å²) in [5.41, 5.74) is -0.0473. The van der Waals surface area contributed by atoms with Crippen LogP contribution in [0.5, 0.6) is 0 Å². The van der Waals surface area contributed by atoms with Gasteiger partial charge in [0.2, 0.25) is 5.95 Å². The highest BCUT2D eigenvalue weighted by Gasteiger charge is 2.26. The van der Waals surface area contributed by atoms with Gasteiger partial charge in [0.1, 0.15) is 6.20 Å². The van der Waals surface area contributed by atoms with Crippen LogP contribution < -0.4 is 5.32 Å². The third kappa shape index (κ3) is 3.08. The summed E-state index contributed by atoms with van der Waals surface area (Å²) < 4.78 is 5.05. The van der Waals surface area contributed by atoms with Crippen molar-refractivity contribution in [1.82, 2.24) is 9.97 Å². The van der Waals surface area contributed by atoms with Crippen molar-refractivity contribution in [2.45, 2.75) is 23.6 Å². The summed E-state index contributed by atoms with van der Waals surface area (Å²) in [5.74, 6) is 0.435. The Labute approximate surface area is 108 Å². The maximum atomic E-state index is 10.9. The molecule has 1 aromatic rings. The Kier molecular flexibility index (Phi) is 4.32. The van der Waals surface area contributed by atoms with Crippen LogP contribution in [0.4, 0.5) is 11.6 Å². The van der Waals surface area contributed by atoms with Crippen LogP contribution in [0, 0.1) is 10.1 Å². The molecule has 0 aromatic carbocycles. The molecule has 0 bridgehead atoms. The van der Waals surface area contributed by atoms with E-state index in [9.17, 15) is 10.1 Å². The number of thioether (sulfide) groups is 1. The molecule has 0 atom stereocenters. The van der Waals surface area contributed by atoms with Gasteiger partial charge in [0.15, 0.2) is 5.03 Å². The van der Waals surface area contributed by atoms with E-state index in [0.29, 0.717) is 24.2 Å². The Hall–Kier alpha value is -1.41. The quantitative estimate of drug-likeness (QED) is 0.478. The van der Waals surface area contributed by atoms with E-state index in [4.69, 9.17) is 4.74 Å². The fraction of sp³-hybridized carbons (Fsp3) is 0.600. The number of anilines is 1. The lowest BCUT2D eigenvalue weighted by molar-refractivity contribution is -0.388. The number of nitrogens with zero attached hydrogens (tertiary/aromatic N) is 3. The molecule has 7 nitrogen and oxygen atoms in total. The average Bonchev–Trinajstić information content (AvgIpc) is 2.31. The summed E-state index contributed by atoms with van der Waals surface area (Å²) in [6.45, 7) is 4.00. The molecule has 18 heavy (non-hydrogen) atoms. The summed E-state index contributed by atoms with van der Waals surface area (Å²) in [6.07, 6.45) is 2.20. The van der Waals surface area contributed by atoms with E-state index >= 15 is 0 Å². The zero-order valence-corrected chi connectivity index (χ0v) is 10.8. The zero-order valence-electron chi connectivity index (χ0n) is 9.96. The van der Waals surface area contributed by atoms with Crippen LogP contribution >= 0.6 is 11.8 Å². The summed E-state index contributed by atoms with van der Waals surface area (Å²) in [4.78, 5) is 18.6. The number of ether oxygens (including phenoxy) is 1. The second kappa shape index (κ2) is 5.96. The Morgan fingerprint density at radius 3 is 3.00 bits per heavy atom. The van der Waals surface area contributed by atoms with E-state index < -0.39 is 4.92 Å². The first-order valence-corrected chi connectivity index (χ1v) is 6.58. The largest absolute Gasteiger partial charge is 0.379 e. The van der Waals surface area contributed by atoms with Gasteiger partial charge in [-0.3, -0.25) is 10.1 Å². The van der Waals surface area contributed by atoms with Crippen LogP contribution in [0.1, 0.15) is 13.3 Å². The molecule has 2 rings (SSSR count). The first-order valence-electron chi connectivity index (χ1n) is 5.70. The second-order valence-corrected chi connectivity index (χ2v) is 5.13. The second-order valence-electron chi connectivity index (χ2n) is 3.85. The number of rotatable bonds is 6. The molecule has 98 valence electrons. The van der Waals surface area contributed by atoms with Gasteiger partial charge in [0.25, 0.3) is 0 Å². The van der Waals surface area contributed by atoms with Crippen molar-refractivity contribution in [1.29, 1.82) is 0 Å². The Bertz CT molecular complexity index is 439. The lowest BCUT2D eigenvalue weighted by Crippen LogP contribution is -2.30. The number of hydrogen-bond acceptors (Lipinski definition) is 7. The summed E-state index contributed by atoms with van der Waals surface area (Å²) in [7, 11) is 0. The molecule has 2 heterocycles. The van der Waals surface area contributed by atoms with Crippen molar-refractivity contribution >= 4 is 23.4 Å².